The molecule has 1 atom stereocenters. The van der Waals surface area contributed by atoms with Crippen LogP contribution in [0.1, 0.15) is 26.2 Å². The summed E-state index contributed by atoms with van der Waals surface area (Å²) in [4.78, 5) is 15.0. The summed E-state index contributed by atoms with van der Waals surface area (Å²) < 4.78 is 0. The van der Waals surface area contributed by atoms with Crippen LogP contribution in [-0.2, 0) is 4.79 Å². The normalized spacial score (nSPS) is 23.3. The molecule has 0 bridgehead atoms. The van der Waals surface area contributed by atoms with E-state index in [1.54, 1.807) is 0 Å². The number of carboxylic acids is 1. The Morgan fingerprint density at radius 2 is 2.33 bits per heavy atom. The van der Waals surface area contributed by atoms with Gasteiger partial charge in [0.05, 0.1) is 6.54 Å². The predicted molar refractivity (Wildman–Crippen MR) is 60.0 cm³/mol. The van der Waals surface area contributed by atoms with Crippen LogP contribution in [0.2, 0.25) is 0 Å². The van der Waals surface area contributed by atoms with E-state index in [1.807, 2.05) is 11.9 Å². The van der Waals surface area contributed by atoms with E-state index in [0.29, 0.717) is 6.04 Å². The Balaban J connectivity index is 2.37. The number of nitrogens with zero attached hydrogens (tertiary/aromatic N) is 2. The summed E-state index contributed by atoms with van der Waals surface area (Å²) in [5, 5.41) is 8.73. The van der Waals surface area contributed by atoms with Crippen molar-refractivity contribution in [2.24, 2.45) is 0 Å². The lowest BCUT2D eigenvalue weighted by atomic mass is 10.0. The minimum Gasteiger partial charge on any atom is -0.480 e. The van der Waals surface area contributed by atoms with Gasteiger partial charge < -0.3 is 10.0 Å². The molecular weight excluding hydrogens is 192 g/mol. The summed E-state index contributed by atoms with van der Waals surface area (Å²) in [5.41, 5.74) is 0. The average Bonchev–Trinajstić information content (AvgIpc) is 2.17. The van der Waals surface area contributed by atoms with E-state index >= 15 is 0 Å². The first kappa shape index (κ1) is 12.5. The molecule has 0 aromatic carbocycles. The first-order valence-electron chi connectivity index (χ1n) is 5.78. The van der Waals surface area contributed by atoms with Crippen molar-refractivity contribution < 1.29 is 9.90 Å². The zero-order valence-electron chi connectivity index (χ0n) is 9.78. The average molecular weight is 214 g/mol. The van der Waals surface area contributed by atoms with Gasteiger partial charge in [-0.2, -0.15) is 0 Å². The Morgan fingerprint density at radius 3 is 2.93 bits per heavy atom. The third-order valence-electron chi connectivity index (χ3n) is 3.03. The van der Waals surface area contributed by atoms with Crippen LogP contribution >= 0.6 is 0 Å². The van der Waals surface area contributed by atoms with E-state index < -0.39 is 5.97 Å². The molecule has 1 fully saturated rings. The van der Waals surface area contributed by atoms with Crippen molar-refractivity contribution in [3.8, 4) is 0 Å². The number of likely N-dealkylation sites (tertiary alicyclic amines) is 1. The van der Waals surface area contributed by atoms with E-state index in [9.17, 15) is 4.79 Å². The number of aliphatic carboxylic acids is 1. The highest BCUT2D eigenvalue weighted by molar-refractivity contribution is 5.69. The fourth-order valence-corrected chi connectivity index (χ4v) is 2.25. The van der Waals surface area contributed by atoms with Gasteiger partial charge >= 0.3 is 5.97 Å². The second-order valence-corrected chi connectivity index (χ2v) is 4.41. The predicted octanol–water partition coefficient (Wildman–Crippen LogP) is 0.877. The number of hydrogen-bond donors (Lipinski definition) is 1. The van der Waals surface area contributed by atoms with Crippen molar-refractivity contribution in [3.63, 3.8) is 0 Å². The summed E-state index contributed by atoms with van der Waals surface area (Å²) >= 11 is 0. The van der Waals surface area contributed by atoms with Crippen LogP contribution in [-0.4, -0.2) is 60.1 Å². The van der Waals surface area contributed by atoms with Crippen molar-refractivity contribution in [2.75, 3.05) is 33.2 Å². The van der Waals surface area contributed by atoms with Crippen LogP contribution in [0.25, 0.3) is 0 Å². The molecule has 1 N–H and O–H groups in total. The number of piperidine rings is 1. The zero-order valence-corrected chi connectivity index (χ0v) is 9.78. The van der Waals surface area contributed by atoms with E-state index in [1.165, 1.54) is 19.4 Å². The van der Waals surface area contributed by atoms with Gasteiger partial charge in [0, 0.05) is 12.6 Å². The van der Waals surface area contributed by atoms with Gasteiger partial charge in [0.25, 0.3) is 0 Å². The lowest BCUT2D eigenvalue weighted by molar-refractivity contribution is -0.138. The number of carbonyl (C=O) groups is 1. The van der Waals surface area contributed by atoms with Crippen LogP contribution in [0.4, 0.5) is 0 Å². The van der Waals surface area contributed by atoms with Crippen LogP contribution in [0.15, 0.2) is 0 Å². The van der Waals surface area contributed by atoms with E-state index in [4.69, 9.17) is 5.11 Å². The van der Waals surface area contributed by atoms with Gasteiger partial charge in [-0.15, -0.1) is 0 Å². The van der Waals surface area contributed by atoms with Gasteiger partial charge in [-0.1, -0.05) is 6.92 Å². The van der Waals surface area contributed by atoms with Crippen molar-refractivity contribution >= 4 is 5.97 Å². The first-order chi connectivity index (χ1) is 7.13. The minimum absolute atomic E-state index is 0.157. The second-order valence-electron chi connectivity index (χ2n) is 4.41. The van der Waals surface area contributed by atoms with Gasteiger partial charge in [0.2, 0.25) is 0 Å². The maximum atomic E-state index is 10.6. The largest absolute Gasteiger partial charge is 0.480 e. The molecule has 1 saturated heterocycles. The fraction of sp³-hybridized carbons (Fsp3) is 0.909. The summed E-state index contributed by atoms with van der Waals surface area (Å²) in [6.45, 7) is 5.68. The molecule has 0 radical (unpaired) electrons. The third-order valence-corrected chi connectivity index (χ3v) is 3.03. The van der Waals surface area contributed by atoms with E-state index in [0.717, 1.165) is 19.5 Å². The van der Waals surface area contributed by atoms with Crippen LogP contribution in [0.5, 0.6) is 0 Å². The molecule has 0 aromatic heterocycles. The molecule has 1 heterocycles. The summed E-state index contributed by atoms with van der Waals surface area (Å²) in [6.07, 6.45) is 3.49. The lowest BCUT2D eigenvalue weighted by Gasteiger charge is -2.36. The van der Waals surface area contributed by atoms with Crippen molar-refractivity contribution in [1.29, 1.82) is 0 Å². The lowest BCUT2D eigenvalue weighted by Crippen LogP contribution is -2.47. The topological polar surface area (TPSA) is 43.8 Å². The van der Waals surface area contributed by atoms with Gasteiger partial charge in [0.15, 0.2) is 0 Å². The number of likely N-dealkylation sites (N-methyl/N-ethyl adjacent to an activating group) is 1. The van der Waals surface area contributed by atoms with E-state index in [2.05, 4.69) is 11.8 Å². The molecule has 1 aliphatic heterocycles. The maximum absolute atomic E-state index is 10.6. The highest BCUT2D eigenvalue weighted by Gasteiger charge is 2.23. The Bertz CT molecular complexity index is 207. The van der Waals surface area contributed by atoms with Crippen LogP contribution in [0, 0.1) is 0 Å². The smallest absolute Gasteiger partial charge is 0.317 e. The molecule has 88 valence electrons. The fourth-order valence-electron chi connectivity index (χ4n) is 2.25. The quantitative estimate of drug-likeness (QED) is 0.738. The van der Waals surface area contributed by atoms with Crippen LogP contribution in [0.3, 0.4) is 0 Å². The maximum Gasteiger partial charge on any atom is 0.317 e. The Hall–Kier alpha value is -0.610. The summed E-state index contributed by atoms with van der Waals surface area (Å²) in [5.74, 6) is -0.731. The molecule has 1 rings (SSSR count). The molecular formula is C11H22N2O2. The molecule has 0 saturated carbocycles. The number of hydrogen-bond acceptors (Lipinski definition) is 3. The van der Waals surface area contributed by atoms with Gasteiger partial charge in [-0.25, -0.2) is 0 Å². The second kappa shape index (κ2) is 6.08. The molecule has 1 aliphatic rings. The SMILES string of the molecule is CCCN1CCCC(N(C)CC(=O)O)C1. The standard InChI is InChI=1S/C11H22N2O2/c1-3-6-13-7-4-5-10(8-13)12(2)9-11(14)15/h10H,3-9H2,1-2H3,(H,14,15). The van der Waals surface area contributed by atoms with Gasteiger partial charge in [-0.3, -0.25) is 9.69 Å². The molecule has 1 unspecified atom stereocenters. The summed E-state index contributed by atoms with van der Waals surface area (Å²) in [6, 6.07) is 0.418. The van der Waals surface area contributed by atoms with Crippen molar-refractivity contribution in [1.82, 2.24) is 9.80 Å². The monoisotopic (exact) mass is 214 g/mol. The van der Waals surface area contributed by atoms with Crippen LogP contribution < -0.4 is 0 Å². The Morgan fingerprint density at radius 1 is 1.60 bits per heavy atom. The van der Waals surface area contributed by atoms with Gasteiger partial charge in [-0.05, 0) is 39.4 Å². The summed E-state index contributed by atoms with van der Waals surface area (Å²) in [7, 11) is 1.91. The molecule has 4 heteroatoms. The van der Waals surface area contributed by atoms with Gasteiger partial charge in [0.1, 0.15) is 0 Å². The molecule has 15 heavy (non-hydrogen) atoms. The Kier molecular flexibility index (Phi) is 5.05. The minimum atomic E-state index is -0.731. The molecule has 0 aliphatic carbocycles. The zero-order chi connectivity index (χ0) is 11.3. The van der Waals surface area contributed by atoms with Crippen molar-refractivity contribution in [3.05, 3.63) is 0 Å². The van der Waals surface area contributed by atoms with E-state index in [-0.39, 0.29) is 6.54 Å². The highest BCUT2D eigenvalue weighted by atomic mass is 16.4. The van der Waals surface area contributed by atoms with Crippen molar-refractivity contribution in [2.45, 2.75) is 32.2 Å². The third kappa shape index (κ3) is 4.18. The molecule has 0 amide bonds. The highest BCUT2D eigenvalue weighted by Crippen LogP contribution is 2.14. The number of rotatable bonds is 5. The molecule has 0 aromatic rings. The number of carboxylic acid groups (broad SMARTS) is 1. The molecule has 4 nitrogen and oxygen atoms in total. The first-order valence-corrected chi connectivity index (χ1v) is 5.78. The molecule has 0 spiro atoms. The Labute approximate surface area is 91.9 Å².